The Morgan fingerprint density at radius 3 is 2.69 bits per heavy atom. The Kier molecular flexibility index (Phi) is 5.67. The van der Waals surface area contributed by atoms with E-state index in [4.69, 9.17) is 4.74 Å². The van der Waals surface area contributed by atoms with E-state index in [0.29, 0.717) is 19.1 Å². The fourth-order valence-electron chi connectivity index (χ4n) is 3.68. The molecule has 2 fully saturated rings. The van der Waals surface area contributed by atoms with Crippen molar-refractivity contribution in [3.8, 4) is 11.8 Å². The first-order valence-electron chi connectivity index (χ1n) is 9.58. The number of nitriles is 1. The molecule has 1 aliphatic heterocycles. The van der Waals surface area contributed by atoms with Gasteiger partial charge in [0.15, 0.2) is 6.54 Å². The molecule has 140 valence electrons. The topological polar surface area (TPSA) is 69.8 Å². The standard InChI is InChI=1S/C20H28N4O2/c1-3-26-18-7-5-4-6-17(18)24-12-10-23(11-13-24)14-19(25)22-20(2,15-21)16-8-9-16/h4-7,16H,3,8-14H2,1-2H3,(H,22,25)/p+1/t20-/m0/s1. The molecule has 0 radical (unpaired) electrons. The van der Waals surface area contributed by atoms with Crippen LogP contribution in [-0.4, -0.2) is 50.8 Å². The number of carbonyl (C=O) groups excluding carboxylic acids is 1. The Morgan fingerprint density at radius 1 is 1.38 bits per heavy atom. The van der Waals surface area contributed by atoms with Gasteiger partial charge in [0.2, 0.25) is 0 Å². The maximum atomic E-state index is 12.4. The van der Waals surface area contributed by atoms with Crippen LogP contribution < -0.4 is 19.9 Å². The summed E-state index contributed by atoms with van der Waals surface area (Å²) >= 11 is 0. The van der Waals surface area contributed by atoms with Crippen molar-refractivity contribution >= 4 is 11.6 Å². The van der Waals surface area contributed by atoms with Gasteiger partial charge in [-0.15, -0.1) is 0 Å². The summed E-state index contributed by atoms with van der Waals surface area (Å²) in [5.74, 6) is 1.22. The molecule has 1 heterocycles. The molecule has 0 spiro atoms. The van der Waals surface area contributed by atoms with Gasteiger partial charge < -0.3 is 19.9 Å². The number of nitrogens with one attached hydrogen (secondary N) is 2. The van der Waals surface area contributed by atoms with Gasteiger partial charge in [-0.05, 0) is 44.7 Å². The van der Waals surface area contributed by atoms with Crippen molar-refractivity contribution in [1.29, 1.82) is 5.26 Å². The molecule has 1 aromatic rings. The molecule has 0 unspecified atom stereocenters. The van der Waals surface area contributed by atoms with Crippen LogP contribution in [0.3, 0.4) is 0 Å². The van der Waals surface area contributed by atoms with Crippen LogP contribution in [0.25, 0.3) is 0 Å². The summed E-state index contributed by atoms with van der Waals surface area (Å²) in [6, 6.07) is 10.4. The third kappa shape index (κ3) is 4.28. The van der Waals surface area contributed by atoms with E-state index in [1.165, 1.54) is 4.90 Å². The maximum absolute atomic E-state index is 12.4. The van der Waals surface area contributed by atoms with Crippen molar-refractivity contribution in [3.63, 3.8) is 0 Å². The second-order valence-electron chi connectivity index (χ2n) is 7.45. The predicted molar refractivity (Wildman–Crippen MR) is 100 cm³/mol. The number of carbonyl (C=O) groups is 1. The Morgan fingerprint density at radius 2 is 2.08 bits per heavy atom. The Bertz CT molecular complexity index is 675. The number of hydrogen-bond donors (Lipinski definition) is 2. The molecule has 1 aliphatic carbocycles. The molecule has 0 aromatic heterocycles. The first-order chi connectivity index (χ1) is 12.6. The highest BCUT2D eigenvalue weighted by molar-refractivity contribution is 5.78. The molecule has 1 saturated heterocycles. The van der Waals surface area contributed by atoms with Crippen molar-refractivity contribution in [1.82, 2.24) is 5.32 Å². The summed E-state index contributed by atoms with van der Waals surface area (Å²) < 4.78 is 5.73. The van der Waals surface area contributed by atoms with Gasteiger partial charge in [-0.2, -0.15) is 5.26 Å². The molecule has 0 bridgehead atoms. The number of benzene rings is 1. The van der Waals surface area contributed by atoms with Crippen molar-refractivity contribution in [3.05, 3.63) is 24.3 Å². The highest BCUT2D eigenvalue weighted by Gasteiger charge is 2.43. The maximum Gasteiger partial charge on any atom is 0.276 e. The fourth-order valence-corrected chi connectivity index (χ4v) is 3.68. The van der Waals surface area contributed by atoms with E-state index in [2.05, 4.69) is 22.4 Å². The average molecular weight is 357 g/mol. The number of piperazine rings is 1. The van der Waals surface area contributed by atoms with Gasteiger partial charge in [0, 0.05) is 0 Å². The van der Waals surface area contributed by atoms with E-state index < -0.39 is 5.54 Å². The molecule has 6 heteroatoms. The number of rotatable bonds is 7. The van der Waals surface area contributed by atoms with Gasteiger partial charge in [-0.3, -0.25) is 4.79 Å². The molecule has 2 aliphatic rings. The number of amides is 1. The third-order valence-corrected chi connectivity index (χ3v) is 5.41. The lowest BCUT2D eigenvalue weighted by Gasteiger charge is -2.34. The first-order valence-corrected chi connectivity index (χ1v) is 9.58. The van der Waals surface area contributed by atoms with Crippen LogP contribution in [0.2, 0.25) is 0 Å². The Balaban J connectivity index is 1.51. The van der Waals surface area contributed by atoms with Crippen LogP contribution in [0.1, 0.15) is 26.7 Å². The highest BCUT2D eigenvalue weighted by atomic mass is 16.5. The molecule has 6 nitrogen and oxygen atoms in total. The Hall–Kier alpha value is -2.26. The molecule has 1 atom stereocenters. The number of anilines is 1. The van der Waals surface area contributed by atoms with Crippen molar-refractivity contribution in [2.24, 2.45) is 5.92 Å². The van der Waals surface area contributed by atoms with Gasteiger partial charge in [-0.1, -0.05) is 12.1 Å². The van der Waals surface area contributed by atoms with Crippen LogP contribution in [0.5, 0.6) is 5.75 Å². The van der Waals surface area contributed by atoms with Crippen molar-refractivity contribution in [2.75, 3.05) is 44.2 Å². The zero-order valence-electron chi connectivity index (χ0n) is 15.8. The normalized spacial score (nSPS) is 20.1. The number of nitrogens with zero attached hydrogens (tertiary/aromatic N) is 2. The second kappa shape index (κ2) is 7.96. The molecule has 2 N–H and O–H groups in total. The third-order valence-electron chi connectivity index (χ3n) is 5.41. The molecule has 26 heavy (non-hydrogen) atoms. The minimum absolute atomic E-state index is 0.0147. The quantitative estimate of drug-likeness (QED) is 0.750. The minimum Gasteiger partial charge on any atom is -0.492 e. The molecular weight excluding hydrogens is 328 g/mol. The summed E-state index contributed by atoms with van der Waals surface area (Å²) in [6.07, 6.45) is 2.07. The number of ether oxygens (including phenoxy) is 1. The van der Waals surface area contributed by atoms with Gasteiger partial charge in [0.05, 0.1) is 44.5 Å². The summed E-state index contributed by atoms with van der Waals surface area (Å²) in [7, 11) is 0. The fraction of sp³-hybridized carbons (Fsp3) is 0.600. The zero-order chi connectivity index (χ0) is 18.6. The Labute approximate surface area is 155 Å². The smallest absolute Gasteiger partial charge is 0.276 e. The minimum atomic E-state index is -0.700. The van der Waals surface area contributed by atoms with Crippen molar-refractivity contribution in [2.45, 2.75) is 32.2 Å². The van der Waals surface area contributed by atoms with E-state index in [0.717, 1.165) is 50.5 Å². The van der Waals surface area contributed by atoms with E-state index in [9.17, 15) is 10.1 Å². The lowest BCUT2D eigenvalue weighted by atomic mass is 9.98. The molecule has 1 saturated carbocycles. The lowest BCUT2D eigenvalue weighted by molar-refractivity contribution is -0.892. The highest BCUT2D eigenvalue weighted by Crippen LogP contribution is 2.39. The van der Waals surface area contributed by atoms with Gasteiger partial charge >= 0.3 is 0 Å². The van der Waals surface area contributed by atoms with Crippen LogP contribution in [-0.2, 0) is 4.79 Å². The SMILES string of the molecule is CCOc1ccccc1N1CC[NH+](CC(=O)N[C@@](C)(C#N)C2CC2)CC1. The van der Waals surface area contributed by atoms with Gasteiger partial charge in [0.25, 0.3) is 5.91 Å². The summed E-state index contributed by atoms with van der Waals surface area (Å²) in [4.78, 5) is 16.0. The van der Waals surface area contributed by atoms with E-state index in [-0.39, 0.29) is 5.91 Å². The molecular formula is C20H29N4O2+. The van der Waals surface area contributed by atoms with Crippen LogP contribution >= 0.6 is 0 Å². The van der Waals surface area contributed by atoms with E-state index in [1.54, 1.807) is 0 Å². The lowest BCUT2D eigenvalue weighted by Crippen LogP contribution is -3.16. The van der Waals surface area contributed by atoms with E-state index in [1.807, 2.05) is 32.0 Å². The van der Waals surface area contributed by atoms with Crippen LogP contribution in [0.15, 0.2) is 24.3 Å². The van der Waals surface area contributed by atoms with E-state index >= 15 is 0 Å². The zero-order valence-corrected chi connectivity index (χ0v) is 15.8. The number of para-hydroxylation sites is 2. The average Bonchev–Trinajstić information content (AvgIpc) is 3.49. The summed E-state index contributed by atoms with van der Waals surface area (Å²) in [5, 5.41) is 12.4. The molecule has 1 aromatic carbocycles. The second-order valence-corrected chi connectivity index (χ2v) is 7.45. The number of hydrogen-bond acceptors (Lipinski definition) is 4. The summed E-state index contributed by atoms with van der Waals surface area (Å²) in [5.41, 5.74) is 0.429. The largest absolute Gasteiger partial charge is 0.492 e. The van der Waals surface area contributed by atoms with Gasteiger partial charge in [-0.25, -0.2) is 0 Å². The predicted octanol–water partition coefficient (Wildman–Crippen LogP) is 0.599. The van der Waals surface area contributed by atoms with Crippen LogP contribution in [0.4, 0.5) is 5.69 Å². The summed E-state index contributed by atoms with van der Waals surface area (Å²) in [6.45, 7) is 8.53. The van der Waals surface area contributed by atoms with Crippen molar-refractivity contribution < 1.29 is 14.4 Å². The number of quaternary nitrogens is 1. The first kappa shape index (κ1) is 18.5. The molecule has 3 rings (SSSR count). The molecule has 1 amide bonds. The van der Waals surface area contributed by atoms with Gasteiger partial charge in [0.1, 0.15) is 11.3 Å². The monoisotopic (exact) mass is 357 g/mol. The van der Waals surface area contributed by atoms with Crippen LogP contribution in [0, 0.1) is 17.2 Å².